The lowest BCUT2D eigenvalue weighted by Gasteiger charge is -2.31. The summed E-state index contributed by atoms with van der Waals surface area (Å²) in [7, 11) is -1.36. The molecule has 1 aliphatic heterocycles. The third kappa shape index (κ3) is 6.29. The maximum absolute atomic E-state index is 12.6. The molecule has 0 spiro atoms. The maximum Gasteiger partial charge on any atom is 0.251 e. The molecule has 1 heterocycles. The van der Waals surface area contributed by atoms with Crippen LogP contribution in [0.25, 0.3) is 0 Å². The molecule has 162 valence electrons. The second-order valence-electron chi connectivity index (χ2n) is 7.57. The molecule has 7 nitrogen and oxygen atoms in total. The molecule has 1 fully saturated rings. The van der Waals surface area contributed by atoms with E-state index in [-0.39, 0.29) is 11.7 Å². The van der Waals surface area contributed by atoms with Crippen molar-refractivity contribution in [1.29, 1.82) is 0 Å². The standard InChI is InChI=1S/C22H29N3O4S/c1-18-3-9-21(10-4-18)29-16-11-23-22(26)20-7-5-19(6-8-20)17-30(27,28)25-14-12-24(2)13-15-25/h3-10H,11-17H2,1-2H3,(H,23,26). The molecule has 8 heteroatoms. The first-order valence-electron chi connectivity index (χ1n) is 10.1. The molecular formula is C22H29N3O4S. The zero-order valence-corrected chi connectivity index (χ0v) is 18.3. The van der Waals surface area contributed by atoms with Gasteiger partial charge in [0.15, 0.2) is 0 Å². The molecule has 0 radical (unpaired) electrons. The van der Waals surface area contributed by atoms with Gasteiger partial charge in [0.1, 0.15) is 12.4 Å². The molecule has 2 aromatic rings. The summed E-state index contributed by atoms with van der Waals surface area (Å²) >= 11 is 0. The van der Waals surface area contributed by atoms with Crippen molar-refractivity contribution in [2.75, 3.05) is 46.4 Å². The third-order valence-electron chi connectivity index (χ3n) is 5.10. The van der Waals surface area contributed by atoms with E-state index in [1.807, 2.05) is 38.2 Å². The van der Waals surface area contributed by atoms with Gasteiger partial charge < -0.3 is 15.0 Å². The van der Waals surface area contributed by atoms with Crippen LogP contribution in [0.5, 0.6) is 5.75 Å². The lowest BCUT2D eigenvalue weighted by molar-refractivity contribution is 0.0947. The topological polar surface area (TPSA) is 78.9 Å². The summed E-state index contributed by atoms with van der Waals surface area (Å²) in [4.78, 5) is 14.4. The van der Waals surface area contributed by atoms with Gasteiger partial charge in [-0.15, -0.1) is 0 Å². The highest BCUT2D eigenvalue weighted by atomic mass is 32.2. The number of hydrogen-bond donors (Lipinski definition) is 1. The summed E-state index contributed by atoms with van der Waals surface area (Å²) in [6.45, 7) is 5.28. The molecule has 1 N–H and O–H groups in total. The van der Waals surface area contributed by atoms with E-state index in [1.165, 1.54) is 0 Å². The molecule has 1 aliphatic rings. The van der Waals surface area contributed by atoms with E-state index in [4.69, 9.17) is 4.74 Å². The number of nitrogens with zero attached hydrogens (tertiary/aromatic N) is 2. The predicted molar refractivity (Wildman–Crippen MR) is 117 cm³/mol. The van der Waals surface area contributed by atoms with Crippen molar-refractivity contribution in [2.45, 2.75) is 12.7 Å². The fraction of sp³-hybridized carbons (Fsp3) is 0.409. The van der Waals surface area contributed by atoms with E-state index in [0.717, 1.165) is 24.4 Å². The minimum absolute atomic E-state index is 0.0526. The van der Waals surface area contributed by atoms with E-state index < -0.39 is 10.0 Å². The van der Waals surface area contributed by atoms with Gasteiger partial charge in [-0.2, -0.15) is 4.31 Å². The van der Waals surface area contributed by atoms with Crippen molar-refractivity contribution in [2.24, 2.45) is 0 Å². The Morgan fingerprint density at radius 3 is 2.27 bits per heavy atom. The van der Waals surface area contributed by atoms with Crippen LogP contribution in [0.3, 0.4) is 0 Å². The number of piperazine rings is 1. The van der Waals surface area contributed by atoms with Crippen LogP contribution in [-0.4, -0.2) is 69.9 Å². The fourth-order valence-corrected chi connectivity index (χ4v) is 4.71. The highest BCUT2D eigenvalue weighted by Crippen LogP contribution is 2.14. The third-order valence-corrected chi connectivity index (χ3v) is 6.95. The summed E-state index contributed by atoms with van der Waals surface area (Å²) in [6, 6.07) is 14.4. The van der Waals surface area contributed by atoms with Gasteiger partial charge in [0.05, 0.1) is 12.3 Å². The van der Waals surface area contributed by atoms with Crippen LogP contribution >= 0.6 is 0 Å². The quantitative estimate of drug-likeness (QED) is 0.646. The Kier molecular flexibility index (Phi) is 7.47. The van der Waals surface area contributed by atoms with Gasteiger partial charge in [-0.3, -0.25) is 4.79 Å². The number of aryl methyl sites for hydroxylation is 1. The van der Waals surface area contributed by atoms with Gasteiger partial charge in [-0.1, -0.05) is 29.8 Å². The molecule has 0 aliphatic carbocycles. The van der Waals surface area contributed by atoms with Gasteiger partial charge in [0, 0.05) is 31.7 Å². The first-order valence-corrected chi connectivity index (χ1v) is 11.7. The summed E-state index contributed by atoms with van der Waals surface area (Å²) in [5, 5.41) is 2.81. The summed E-state index contributed by atoms with van der Waals surface area (Å²) in [5.74, 6) is 0.500. The molecule has 0 saturated carbocycles. The van der Waals surface area contributed by atoms with E-state index in [1.54, 1.807) is 28.6 Å². The van der Waals surface area contributed by atoms with Crippen molar-refractivity contribution in [3.05, 3.63) is 65.2 Å². The predicted octanol–water partition coefficient (Wildman–Crippen LogP) is 1.88. The lowest BCUT2D eigenvalue weighted by atomic mass is 10.1. The smallest absolute Gasteiger partial charge is 0.251 e. The van der Waals surface area contributed by atoms with Crippen LogP contribution in [0, 0.1) is 6.92 Å². The number of hydrogen-bond acceptors (Lipinski definition) is 5. The molecule has 0 atom stereocenters. The average molecular weight is 432 g/mol. The van der Waals surface area contributed by atoms with Crippen molar-refractivity contribution in [3.8, 4) is 5.75 Å². The van der Waals surface area contributed by atoms with E-state index in [9.17, 15) is 13.2 Å². The van der Waals surface area contributed by atoms with Crippen LogP contribution in [0.15, 0.2) is 48.5 Å². The Labute approximate surface area is 178 Å². The number of ether oxygens (including phenoxy) is 1. The second-order valence-corrected chi connectivity index (χ2v) is 9.54. The van der Waals surface area contributed by atoms with Gasteiger partial charge in [-0.05, 0) is 43.8 Å². The first-order chi connectivity index (χ1) is 14.3. The van der Waals surface area contributed by atoms with Crippen LogP contribution in [-0.2, 0) is 15.8 Å². The highest BCUT2D eigenvalue weighted by Gasteiger charge is 2.25. The van der Waals surface area contributed by atoms with E-state index in [0.29, 0.717) is 37.4 Å². The summed E-state index contributed by atoms with van der Waals surface area (Å²) in [5.41, 5.74) is 2.33. The lowest BCUT2D eigenvalue weighted by Crippen LogP contribution is -2.47. The van der Waals surface area contributed by atoms with Crippen molar-refractivity contribution in [3.63, 3.8) is 0 Å². The molecule has 2 aromatic carbocycles. The number of benzene rings is 2. The number of carbonyl (C=O) groups is 1. The highest BCUT2D eigenvalue weighted by molar-refractivity contribution is 7.88. The number of nitrogens with one attached hydrogen (secondary N) is 1. The Hall–Kier alpha value is -2.42. The molecule has 1 amide bonds. The van der Waals surface area contributed by atoms with Crippen LogP contribution in [0.2, 0.25) is 0 Å². The number of amides is 1. The number of carbonyl (C=O) groups excluding carboxylic acids is 1. The molecule has 30 heavy (non-hydrogen) atoms. The molecular weight excluding hydrogens is 402 g/mol. The van der Waals surface area contributed by atoms with Gasteiger partial charge in [0.25, 0.3) is 5.91 Å². The second kappa shape index (κ2) is 10.1. The van der Waals surface area contributed by atoms with E-state index >= 15 is 0 Å². The summed E-state index contributed by atoms with van der Waals surface area (Å²) in [6.07, 6.45) is 0. The van der Waals surface area contributed by atoms with Crippen molar-refractivity contribution < 1.29 is 17.9 Å². The molecule has 0 unspecified atom stereocenters. The number of likely N-dealkylation sites (N-methyl/N-ethyl adjacent to an activating group) is 1. The Morgan fingerprint density at radius 2 is 1.63 bits per heavy atom. The number of sulfonamides is 1. The van der Waals surface area contributed by atoms with Crippen molar-refractivity contribution in [1.82, 2.24) is 14.5 Å². The van der Waals surface area contributed by atoms with Crippen LogP contribution in [0.4, 0.5) is 0 Å². The zero-order valence-electron chi connectivity index (χ0n) is 17.5. The van der Waals surface area contributed by atoms with Crippen LogP contribution < -0.4 is 10.1 Å². The zero-order chi connectivity index (χ0) is 21.6. The average Bonchev–Trinajstić information content (AvgIpc) is 2.73. The molecule has 0 aromatic heterocycles. The minimum Gasteiger partial charge on any atom is -0.492 e. The van der Waals surface area contributed by atoms with E-state index in [2.05, 4.69) is 10.2 Å². The molecule has 1 saturated heterocycles. The Morgan fingerprint density at radius 1 is 1.00 bits per heavy atom. The minimum atomic E-state index is -3.35. The normalized spacial score (nSPS) is 15.7. The number of rotatable bonds is 8. The molecule has 3 rings (SSSR count). The Bertz CT molecular complexity index is 935. The van der Waals surface area contributed by atoms with Gasteiger partial charge in [0.2, 0.25) is 10.0 Å². The first kappa shape index (κ1) is 22.3. The monoisotopic (exact) mass is 431 g/mol. The molecule has 0 bridgehead atoms. The van der Waals surface area contributed by atoms with Gasteiger partial charge in [-0.25, -0.2) is 8.42 Å². The van der Waals surface area contributed by atoms with Gasteiger partial charge >= 0.3 is 0 Å². The largest absolute Gasteiger partial charge is 0.492 e. The Balaban J connectivity index is 1.46. The SMILES string of the molecule is Cc1ccc(OCCNC(=O)c2ccc(CS(=O)(=O)N3CCN(C)CC3)cc2)cc1. The summed E-state index contributed by atoms with van der Waals surface area (Å²) < 4.78 is 32.3. The van der Waals surface area contributed by atoms with Crippen molar-refractivity contribution >= 4 is 15.9 Å². The fourth-order valence-electron chi connectivity index (χ4n) is 3.19. The van der Waals surface area contributed by atoms with Crippen LogP contribution in [0.1, 0.15) is 21.5 Å². The maximum atomic E-state index is 12.6.